The van der Waals surface area contributed by atoms with Gasteiger partial charge in [-0.3, -0.25) is 0 Å². The maximum Gasteiger partial charge on any atom is 0.338 e. The van der Waals surface area contributed by atoms with Gasteiger partial charge in [-0.2, -0.15) is 4.98 Å². The van der Waals surface area contributed by atoms with Crippen LogP contribution in [0, 0.1) is 12.7 Å². The summed E-state index contributed by atoms with van der Waals surface area (Å²) in [5.41, 5.74) is 2.68. The summed E-state index contributed by atoms with van der Waals surface area (Å²) in [6.45, 7) is 4.53. The molecule has 0 radical (unpaired) electrons. The molecule has 6 nitrogen and oxygen atoms in total. The van der Waals surface area contributed by atoms with Crippen molar-refractivity contribution in [2.45, 2.75) is 20.3 Å². The van der Waals surface area contributed by atoms with Crippen molar-refractivity contribution in [1.29, 1.82) is 0 Å². The number of rotatable bonds is 8. The van der Waals surface area contributed by atoms with Crippen LogP contribution in [-0.4, -0.2) is 29.1 Å². The van der Waals surface area contributed by atoms with Crippen molar-refractivity contribution in [2.75, 3.05) is 23.8 Å². The molecule has 2 aromatic carbocycles. The monoisotopic (exact) mass is 394 g/mol. The van der Waals surface area contributed by atoms with Gasteiger partial charge in [0.15, 0.2) is 0 Å². The number of anilines is 3. The molecule has 0 aliphatic carbocycles. The van der Waals surface area contributed by atoms with Crippen LogP contribution in [0.5, 0.6) is 0 Å². The predicted octanol–water partition coefficient (Wildman–Crippen LogP) is 4.50. The summed E-state index contributed by atoms with van der Waals surface area (Å²) in [5.74, 6) is 0.524. The molecule has 0 atom stereocenters. The van der Waals surface area contributed by atoms with Crippen molar-refractivity contribution < 1.29 is 13.9 Å². The molecule has 0 spiro atoms. The lowest BCUT2D eigenvalue weighted by molar-refractivity contribution is 0.0526. The van der Waals surface area contributed by atoms with E-state index in [2.05, 4.69) is 20.6 Å². The molecule has 7 heteroatoms. The van der Waals surface area contributed by atoms with Crippen LogP contribution in [0.2, 0.25) is 0 Å². The number of carbonyl (C=O) groups is 1. The SMILES string of the molecule is CCOC(=O)c1ccc(Nc2nc(C)cc(NCCc3ccccc3F)n2)cc1. The van der Waals surface area contributed by atoms with E-state index >= 15 is 0 Å². The highest BCUT2D eigenvalue weighted by atomic mass is 19.1. The second kappa shape index (κ2) is 9.64. The summed E-state index contributed by atoms with van der Waals surface area (Å²) < 4.78 is 18.7. The maximum absolute atomic E-state index is 13.7. The van der Waals surface area contributed by atoms with Crippen LogP contribution in [0.25, 0.3) is 0 Å². The Morgan fingerprint density at radius 1 is 1.10 bits per heavy atom. The fourth-order valence-electron chi connectivity index (χ4n) is 2.77. The number of ether oxygens (including phenoxy) is 1. The summed E-state index contributed by atoms with van der Waals surface area (Å²) >= 11 is 0. The van der Waals surface area contributed by atoms with Gasteiger partial charge >= 0.3 is 5.97 Å². The number of nitrogens with zero attached hydrogens (tertiary/aromatic N) is 2. The Morgan fingerprint density at radius 3 is 2.59 bits per heavy atom. The van der Waals surface area contributed by atoms with Gasteiger partial charge < -0.3 is 15.4 Å². The van der Waals surface area contributed by atoms with E-state index in [1.54, 1.807) is 43.3 Å². The zero-order valence-electron chi connectivity index (χ0n) is 16.4. The van der Waals surface area contributed by atoms with E-state index in [1.165, 1.54) is 6.07 Å². The van der Waals surface area contributed by atoms with Crippen LogP contribution in [-0.2, 0) is 11.2 Å². The maximum atomic E-state index is 13.7. The normalized spacial score (nSPS) is 10.4. The minimum atomic E-state index is -0.354. The number of nitrogens with one attached hydrogen (secondary N) is 2. The van der Waals surface area contributed by atoms with Gasteiger partial charge in [-0.1, -0.05) is 18.2 Å². The lowest BCUT2D eigenvalue weighted by Gasteiger charge is -2.11. The molecule has 1 heterocycles. The van der Waals surface area contributed by atoms with E-state index in [-0.39, 0.29) is 11.8 Å². The minimum Gasteiger partial charge on any atom is -0.462 e. The molecule has 29 heavy (non-hydrogen) atoms. The lowest BCUT2D eigenvalue weighted by atomic mass is 10.1. The van der Waals surface area contributed by atoms with Gasteiger partial charge in [0.05, 0.1) is 12.2 Å². The van der Waals surface area contributed by atoms with Gasteiger partial charge in [-0.15, -0.1) is 0 Å². The number of carbonyl (C=O) groups excluding carboxylic acids is 1. The number of hydrogen-bond donors (Lipinski definition) is 2. The van der Waals surface area contributed by atoms with Gasteiger partial charge in [-0.05, 0) is 56.2 Å². The Labute approximate surface area is 169 Å². The first-order valence-electron chi connectivity index (χ1n) is 9.42. The van der Waals surface area contributed by atoms with Gasteiger partial charge in [0.25, 0.3) is 0 Å². The molecule has 0 fully saturated rings. The number of esters is 1. The molecule has 0 amide bonds. The molecule has 0 saturated carbocycles. The van der Waals surface area contributed by atoms with Crippen LogP contribution in [0.1, 0.15) is 28.5 Å². The van der Waals surface area contributed by atoms with Gasteiger partial charge in [0.1, 0.15) is 11.6 Å². The molecule has 3 rings (SSSR count). The van der Waals surface area contributed by atoms with Crippen LogP contribution < -0.4 is 10.6 Å². The first kappa shape index (κ1) is 20.3. The van der Waals surface area contributed by atoms with Crippen LogP contribution in [0.4, 0.5) is 21.8 Å². The predicted molar refractivity (Wildman–Crippen MR) is 111 cm³/mol. The summed E-state index contributed by atoms with van der Waals surface area (Å²) in [7, 11) is 0. The van der Waals surface area contributed by atoms with Crippen molar-refractivity contribution in [3.8, 4) is 0 Å². The number of aryl methyl sites for hydroxylation is 1. The highest BCUT2D eigenvalue weighted by Gasteiger charge is 2.07. The molecule has 0 unspecified atom stereocenters. The number of aromatic nitrogens is 2. The van der Waals surface area contributed by atoms with E-state index in [0.29, 0.717) is 42.5 Å². The Bertz CT molecular complexity index is 977. The Morgan fingerprint density at radius 2 is 1.86 bits per heavy atom. The van der Waals surface area contributed by atoms with E-state index in [4.69, 9.17) is 4.74 Å². The molecule has 0 bridgehead atoms. The average Bonchev–Trinajstić information content (AvgIpc) is 2.70. The van der Waals surface area contributed by atoms with Crippen molar-refractivity contribution in [1.82, 2.24) is 9.97 Å². The highest BCUT2D eigenvalue weighted by Crippen LogP contribution is 2.17. The topological polar surface area (TPSA) is 76.1 Å². The second-order valence-electron chi connectivity index (χ2n) is 6.41. The molecule has 1 aromatic heterocycles. The standard InChI is InChI=1S/C22H23FN4O2/c1-3-29-21(28)17-8-10-18(11-9-17)26-22-25-15(2)14-20(27-22)24-13-12-16-6-4-5-7-19(16)23/h4-11,14H,3,12-13H2,1-2H3,(H2,24,25,26,27). The quantitative estimate of drug-likeness (QED) is 0.548. The van der Waals surface area contributed by atoms with Gasteiger partial charge in [0.2, 0.25) is 5.95 Å². The summed E-state index contributed by atoms with van der Waals surface area (Å²) in [4.78, 5) is 20.6. The Hall–Kier alpha value is -3.48. The smallest absolute Gasteiger partial charge is 0.338 e. The molecule has 150 valence electrons. The highest BCUT2D eigenvalue weighted by molar-refractivity contribution is 5.89. The van der Waals surface area contributed by atoms with Crippen LogP contribution >= 0.6 is 0 Å². The largest absolute Gasteiger partial charge is 0.462 e. The van der Waals surface area contributed by atoms with Crippen LogP contribution in [0.15, 0.2) is 54.6 Å². The van der Waals surface area contributed by atoms with E-state index in [1.807, 2.05) is 19.1 Å². The van der Waals surface area contributed by atoms with Crippen molar-refractivity contribution in [2.24, 2.45) is 0 Å². The molecular formula is C22H23FN4O2. The molecule has 0 aliphatic heterocycles. The average molecular weight is 394 g/mol. The lowest BCUT2D eigenvalue weighted by Crippen LogP contribution is -2.09. The molecule has 0 saturated heterocycles. The third kappa shape index (κ3) is 5.75. The third-order valence-electron chi connectivity index (χ3n) is 4.16. The van der Waals surface area contributed by atoms with E-state index in [0.717, 1.165) is 11.4 Å². The molecular weight excluding hydrogens is 371 g/mol. The first-order valence-corrected chi connectivity index (χ1v) is 9.42. The fourth-order valence-corrected chi connectivity index (χ4v) is 2.77. The summed E-state index contributed by atoms with van der Waals surface area (Å²) in [6.07, 6.45) is 0.549. The summed E-state index contributed by atoms with van der Waals surface area (Å²) in [6, 6.07) is 15.5. The fraction of sp³-hybridized carbons (Fsp3) is 0.227. The van der Waals surface area contributed by atoms with Gasteiger partial charge in [0, 0.05) is 24.0 Å². The van der Waals surface area contributed by atoms with Crippen LogP contribution in [0.3, 0.4) is 0 Å². The molecule has 3 aromatic rings. The zero-order valence-corrected chi connectivity index (χ0v) is 16.4. The number of halogens is 1. The van der Waals surface area contributed by atoms with Crippen molar-refractivity contribution >= 4 is 23.4 Å². The second-order valence-corrected chi connectivity index (χ2v) is 6.41. The summed E-state index contributed by atoms with van der Waals surface area (Å²) in [5, 5.41) is 6.33. The molecule has 0 aliphatic rings. The molecule has 2 N–H and O–H groups in total. The van der Waals surface area contributed by atoms with E-state index < -0.39 is 0 Å². The van der Waals surface area contributed by atoms with Crippen molar-refractivity contribution in [3.63, 3.8) is 0 Å². The zero-order chi connectivity index (χ0) is 20.6. The first-order chi connectivity index (χ1) is 14.0. The van der Waals surface area contributed by atoms with Gasteiger partial charge in [-0.25, -0.2) is 14.2 Å². The Kier molecular flexibility index (Phi) is 6.73. The third-order valence-corrected chi connectivity index (χ3v) is 4.16. The van der Waals surface area contributed by atoms with Crippen molar-refractivity contribution in [3.05, 3.63) is 77.2 Å². The minimum absolute atomic E-state index is 0.207. The van der Waals surface area contributed by atoms with E-state index in [9.17, 15) is 9.18 Å². The number of benzene rings is 2. The Balaban J connectivity index is 1.63. The number of hydrogen-bond acceptors (Lipinski definition) is 6.